The summed E-state index contributed by atoms with van der Waals surface area (Å²) in [7, 11) is 0. The Bertz CT molecular complexity index is 405. The first-order valence-corrected chi connectivity index (χ1v) is 7.66. The first-order valence-electron chi connectivity index (χ1n) is 6.87. The van der Waals surface area contributed by atoms with Gasteiger partial charge in [0.05, 0.1) is 0 Å². The summed E-state index contributed by atoms with van der Waals surface area (Å²) < 4.78 is 1.15. The third-order valence-electron chi connectivity index (χ3n) is 3.90. The van der Waals surface area contributed by atoms with Gasteiger partial charge in [0.2, 0.25) is 0 Å². The molecule has 0 saturated carbocycles. The van der Waals surface area contributed by atoms with E-state index in [2.05, 4.69) is 52.9 Å². The van der Waals surface area contributed by atoms with E-state index in [0.29, 0.717) is 12.6 Å². The average molecular weight is 311 g/mol. The van der Waals surface area contributed by atoms with Crippen LogP contribution in [-0.2, 0) is 6.42 Å². The molecule has 0 aromatic heterocycles. The van der Waals surface area contributed by atoms with Crippen molar-refractivity contribution < 1.29 is 0 Å². The second-order valence-corrected chi connectivity index (χ2v) is 6.40. The maximum atomic E-state index is 5.73. The molecule has 1 heterocycles. The van der Waals surface area contributed by atoms with Crippen molar-refractivity contribution in [2.24, 2.45) is 11.7 Å². The van der Waals surface area contributed by atoms with Crippen LogP contribution in [0.4, 0.5) is 5.69 Å². The van der Waals surface area contributed by atoms with Gasteiger partial charge in [0.1, 0.15) is 0 Å². The Morgan fingerprint density at radius 3 is 2.83 bits per heavy atom. The van der Waals surface area contributed by atoms with Gasteiger partial charge in [-0.25, -0.2) is 0 Å². The summed E-state index contributed by atoms with van der Waals surface area (Å²) in [5.74, 6) is 0.852. The van der Waals surface area contributed by atoms with Gasteiger partial charge in [-0.05, 0) is 62.4 Å². The number of piperidine rings is 1. The van der Waals surface area contributed by atoms with Gasteiger partial charge in [0, 0.05) is 22.7 Å². The molecule has 0 amide bonds. The SMILES string of the molecule is CC1CCN(c2ccc(Br)cc2CCN)C(C)C1. The lowest BCUT2D eigenvalue weighted by Gasteiger charge is -2.39. The summed E-state index contributed by atoms with van der Waals surface area (Å²) >= 11 is 3.56. The molecule has 18 heavy (non-hydrogen) atoms. The summed E-state index contributed by atoms with van der Waals surface area (Å²) in [6.07, 6.45) is 3.54. The first kappa shape index (κ1) is 13.9. The zero-order chi connectivity index (χ0) is 13.1. The summed E-state index contributed by atoms with van der Waals surface area (Å²) in [4.78, 5) is 2.55. The van der Waals surface area contributed by atoms with Crippen LogP contribution in [0.15, 0.2) is 22.7 Å². The van der Waals surface area contributed by atoms with Gasteiger partial charge in [-0.1, -0.05) is 22.9 Å². The van der Waals surface area contributed by atoms with Crippen molar-refractivity contribution in [3.05, 3.63) is 28.2 Å². The predicted octanol–water partition coefficient (Wildman–Crippen LogP) is 3.58. The van der Waals surface area contributed by atoms with E-state index >= 15 is 0 Å². The number of benzene rings is 1. The van der Waals surface area contributed by atoms with Crippen LogP contribution >= 0.6 is 15.9 Å². The number of halogens is 1. The van der Waals surface area contributed by atoms with E-state index in [-0.39, 0.29) is 0 Å². The van der Waals surface area contributed by atoms with Crippen molar-refractivity contribution in [3.63, 3.8) is 0 Å². The van der Waals surface area contributed by atoms with Gasteiger partial charge in [-0.15, -0.1) is 0 Å². The van der Waals surface area contributed by atoms with E-state index in [1.54, 1.807) is 0 Å². The molecule has 1 aromatic rings. The third-order valence-corrected chi connectivity index (χ3v) is 4.40. The topological polar surface area (TPSA) is 29.3 Å². The lowest BCUT2D eigenvalue weighted by molar-refractivity contribution is 0.377. The quantitative estimate of drug-likeness (QED) is 0.924. The van der Waals surface area contributed by atoms with Crippen LogP contribution in [0.2, 0.25) is 0 Å². The van der Waals surface area contributed by atoms with E-state index < -0.39 is 0 Å². The van der Waals surface area contributed by atoms with Gasteiger partial charge in [0.15, 0.2) is 0 Å². The van der Waals surface area contributed by atoms with Crippen molar-refractivity contribution in [1.29, 1.82) is 0 Å². The van der Waals surface area contributed by atoms with Crippen LogP contribution in [0, 0.1) is 5.92 Å². The monoisotopic (exact) mass is 310 g/mol. The fourth-order valence-electron chi connectivity index (χ4n) is 2.96. The van der Waals surface area contributed by atoms with E-state index in [9.17, 15) is 0 Å². The highest BCUT2D eigenvalue weighted by atomic mass is 79.9. The Morgan fingerprint density at radius 1 is 1.39 bits per heavy atom. The summed E-state index contributed by atoms with van der Waals surface area (Å²) in [6, 6.07) is 7.22. The van der Waals surface area contributed by atoms with Crippen LogP contribution in [-0.4, -0.2) is 19.1 Å². The Kier molecular flexibility index (Phi) is 4.68. The molecule has 1 saturated heterocycles. The van der Waals surface area contributed by atoms with E-state index in [4.69, 9.17) is 5.73 Å². The molecule has 1 aliphatic heterocycles. The lowest BCUT2D eigenvalue weighted by atomic mass is 9.92. The molecule has 100 valence electrons. The number of anilines is 1. The second-order valence-electron chi connectivity index (χ2n) is 5.48. The molecule has 3 heteroatoms. The largest absolute Gasteiger partial charge is 0.369 e. The summed E-state index contributed by atoms with van der Waals surface area (Å²) in [6.45, 7) is 6.57. The maximum absolute atomic E-state index is 5.73. The van der Waals surface area contributed by atoms with Crippen LogP contribution < -0.4 is 10.6 Å². The van der Waals surface area contributed by atoms with Gasteiger partial charge in [-0.2, -0.15) is 0 Å². The molecule has 2 rings (SSSR count). The minimum Gasteiger partial charge on any atom is -0.369 e. The third kappa shape index (κ3) is 3.07. The predicted molar refractivity (Wildman–Crippen MR) is 82.1 cm³/mol. The zero-order valence-electron chi connectivity index (χ0n) is 11.3. The number of nitrogens with zero attached hydrogens (tertiary/aromatic N) is 1. The normalized spacial score (nSPS) is 24.3. The zero-order valence-corrected chi connectivity index (χ0v) is 12.9. The Hall–Kier alpha value is -0.540. The molecule has 0 aliphatic carbocycles. The highest BCUT2D eigenvalue weighted by Gasteiger charge is 2.24. The van der Waals surface area contributed by atoms with Crippen molar-refractivity contribution in [3.8, 4) is 0 Å². The number of rotatable bonds is 3. The number of hydrogen-bond donors (Lipinski definition) is 1. The minimum absolute atomic E-state index is 0.631. The fraction of sp³-hybridized carbons (Fsp3) is 0.600. The summed E-state index contributed by atoms with van der Waals surface area (Å²) in [5.41, 5.74) is 8.48. The Labute approximate surface area is 119 Å². The molecular formula is C15H23BrN2. The van der Waals surface area contributed by atoms with E-state index in [1.165, 1.54) is 30.6 Å². The molecule has 0 radical (unpaired) electrons. The van der Waals surface area contributed by atoms with Gasteiger partial charge < -0.3 is 10.6 Å². The van der Waals surface area contributed by atoms with Crippen LogP contribution in [0.3, 0.4) is 0 Å². The number of nitrogens with two attached hydrogens (primary N) is 1. The molecule has 0 bridgehead atoms. The molecule has 2 nitrogen and oxygen atoms in total. The van der Waals surface area contributed by atoms with Crippen LogP contribution in [0.25, 0.3) is 0 Å². The maximum Gasteiger partial charge on any atom is 0.0402 e. The van der Waals surface area contributed by atoms with E-state index in [1.807, 2.05) is 0 Å². The second kappa shape index (κ2) is 6.07. The van der Waals surface area contributed by atoms with Crippen molar-refractivity contribution in [2.45, 2.75) is 39.2 Å². The van der Waals surface area contributed by atoms with Crippen molar-refractivity contribution in [1.82, 2.24) is 0 Å². The molecular weight excluding hydrogens is 288 g/mol. The Balaban J connectivity index is 2.26. The van der Waals surface area contributed by atoms with Gasteiger partial charge in [-0.3, -0.25) is 0 Å². The van der Waals surface area contributed by atoms with Crippen LogP contribution in [0.1, 0.15) is 32.3 Å². The van der Waals surface area contributed by atoms with E-state index in [0.717, 1.165) is 16.8 Å². The summed E-state index contributed by atoms with van der Waals surface area (Å²) in [5, 5.41) is 0. The molecule has 2 unspecified atom stereocenters. The standard InChI is InChI=1S/C15H23BrN2/c1-11-6-8-18(12(2)9-11)15-4-3-14(16)10-13(15)5-7-17/h3-4,10-12H,5-9,17H2,1-2H3. The highest BCUT2D eigenvalue weighted by molar-refractivity contribution is 9.10. The van der Waals surface area contributed by atoms with Gasteiger partial charge in [0.25, 0.3) is 0 Å². The average Bonchev–Trinajstić information content (AvgIpc) is 2.31. The highest BCUT2D eigenvalue weighted by Crippen LogP contribution is 2.31. The molecule has 1 aliphatic rings. The Morgan fingerprint density at radius 2 is 2.17 bits per heavy atom. The molecule has 2 N–H and O–H groups in total. The molecule has 0 spiro atoms. The minimum atomic E-state index is 0.631. The molecule has 1 aromatic carbocycles. The number of hydrogen-bond acceptors (Lipinski definition) is 2. The fourth-order valence-corrected chi connectivity index (χ4v) is 3.36. The molecule has 1 fully saturated rings. The van der Waals surface area contributed by atoms with Crippen LogP contribution in [0.5, 0.6) is 0 Å². The first-order chi connectivity index (χ1) is 8.61. The molecule has 2 atom stereocenters. The van der Waals surface area contributed by atoms with Crippen molar-refractivity contribution in [2.75, 3.05) is 18.0 Å². The lowest BCUT2D eigenvalue weighted by Crippen LogP contribution is -2.40. The smallest absolute Gasteiger partial charge is 0.0402 e. The van der Waals surface area contributed by atoms with Crippen molar-refractivity contribution >= 4 is 21.6 Å². The van der Waals surface area contributed by atoms with Gasteiger partial charge >= 0.3 is 0 Å².